The number of amides is 2. The zero-order chi connectivity index (χ0) is 22.6. The summed E-state index contributed by atoms with van der Waals surface area (Å²) in [7, 11) is 0. The molecule has 2 rings (SSSR count). The molecule has 10 heteroatoms. The van der Waals surface area contributed by atoms with E-state index in [-0.39, 0.29) is 24.2 Å². The van der Waals surface area contributed by atoms with Crippen LogP contribution in [0.4, 0.5) is 10.7 Å². The van der Waals surface area contributed by atoms with Gasteiger partial charge in [-0.3, -0.25) is 14.9 Å². The van der Waals surface area contributed by atoms with E-state index < -0.39 is 23.0 Å². The van der Waals surface area contributed by atoms with Gasteiger partial charge in [0.25, 0.3) is 5.91 Å². The first-order valence-corrected chi connectivity index (χ1v) is 9.56. The fraction of sp³-hybridized carbons (Fsp3) is 0.286. The Balaban J connectivity index is 1.84. The first-order chi connectivity index (χ1) is 14.8. The molecule has 10 nitrogen and oxygen atoms in total. The summed E-state index contributed by atoms with van der Waals surface area (Å²) in [6, 6.07) is 11.0. The molecule has 0 aliphatic carbocycles. The van der Waals surface area contributed by atoms with E-state index in [4.69, 9.17) is 9.15 Å². The second kappa shape index (κ2) is 11.9. The molecule has 1 aromatic carbocycles. The Morgan fingerprint density at radius 2 is 1.97 bits per heavy atom. The Hall–Kier alpha value is -3.95. The summed E-state index contributed by atoms with van der Waals surface area (Å²) in [6.07, 6.45) is 3.88. The van der Waals surface area contributed by atoms with Crippen molar-refractivity contribution in [1.29, 1.82) is 0 Å². The quantitative estimate of drug-likeness (QED) is 0.337. The van der Waals surface area contributed by atoms with Gasteiger partial charge in [-0.1, -0.05) is 44.2 Å². The standard InChI is InChI=1S/C21H24N4O6/c1-15(2)13-18(23-21(27)30-14-16-7-4-3-5-8-16)20(26)24-22-12-6-9-17-10-11-19(31-17)25(28)29/h3-12,15,18H,13-14H2,1-2H3,(H,23,27)(H,24,26)/b9-6+,22-12-/t18-/m0/s1. The molecule has 0 bridgehead atoms. The van der Waals surface area contributed by atoms with Gasteiger partial charge in [0.1, 0.15) is 23.3 Å². The predicted octanol–water partition coefficient (Wildman–Crippen LogP) is 3.64. The number of nitro groups is 1. The van der Waals surface area contributed by atoms with E-state index in [0.717, 1.165) is 5.56 Å². The monoisotopic (exact) mass is 428 g/mol. The molecule has 0 spiro atoms. The molecule has 0 fully saturated rings. The van der Waals surface area contributed by atoms with Gasteiger partial charge < -0.3 is 14.5 Å². The largest absolute Gasteiger partial charge is 0.445 e. The minimum Gasteiger partial charge on any atom is -0.445 e. The molecule has 2 amide bonds. The Bertz CT molecular complexity index is 936. The third kappa shape index (κ3) is 8.52. The lowest BCUT2D eigenvalue weighted by molar-refractivity contribution is -0.402. The van der Waals surface area contributed by atoms with E-state index in [2.05, 4.69) is 15.8 Å². The van der Waals surface area contributed by atoms with Crippen molar-refractivity contribution in [3.63, 3.8) is 0 Å². The lowest BCUT2D eigenvalue weighted by Gasteiger charge is -2.18. The van der Waals surface area contributed by atoms with Crippen molar-refractivity contribution in [3.8, 4) is 0 Å². The molecule has 1 aromatic heterocycles. The zero-order valence-corrected chi connectivity index (χ0v) is 17.2. The molecular weight excluding hydrogens is 404 g/mol. The average Bonchev–Trinajstić information content (AvgIpc) is 3.21. The van der Waals surface area contributed by atoms with Gasteiger partial charge in [-0.2, -0.15) is 5.10 Å². The van der Waals surface area contributed by atoms with Crippen molar-refractivity contribution in [2.24, 2.45) is 11.0 Å². The zero-order valence-electron chi connectivity index (χ0n) is 17.2. The maximum atomic E-state index is 12.4. The van der Waals surface area contributed by atoms with Gasteiger partial charge in [-0.05, 0) is 36.1 Å². The number of furan rings is 1. The highest BCUT2D eigenvalue weighted by molar-refractivity contribution is 5.86. The summed E-state index contributed by atoms with van der Waals surface area (Å²) >= 11 is 0. The highest BCUT2D eigenvalue weighted by atomic mass is 16.6. The number of alkyl carbamates (subject to hydrolysis) is 1. The Morgan fingerprint density at radius 1 is 1.23 bits per heavy atom. The van der Waals surface area contributed by atoms with Crippen molar-refractivity contribution in [2.45, 2.75) is 32.9 Å². The van der Waals surface area contributed by atoms with Gasteiger partial charge in [0.05, 0.1) is 6.07 Å². The van der Waals surface area contributed by atoms with Crippen LogP contribution in [0.1, 0.15) is 31.6 Å². The summed E-state index contributed by atoms with van der Waals surface area (Å²) in [5, 5.41) is 16.9. The molecule has 0 unspecified atom stereocenters. The lowest BCUT2D eigenvalue weighted by Crippen LogP contribution is -2.46. The lowest BCUT2D eigenvalue weighted by atomic mass is 10.0. The Kier molecular flexibility index (Phi) is 8.96. The highest BCUT2D eigenvalue weighted by Gasteiger charge is 2.22. The van der Waals surface area contributed by atoms with Crippen LogP contribution in [0.2, 0.25) is 0 Å². The van der Waals surface area contributed by atoms with Crippen LogP contribution in [-0.4, -0.2) is 29.2 Å². The Morgan fingerprint density at radius 3 is 2.61 bits per heavy atom. The fourth-order valence-corrected chi connectivity index (χ4v) is 2.50. The van der Waals surface area contributed by atoms with Gasteiger partial charge in [-0.25, -0.2) is 10.2 Å². The summed E-state index contributed by atoms with van der Waals surface area (Å²) in [4.78, 5) is 34.4. The third-order valence-electron chi connectivity index (χ3n) is 3.92. The predicted molar refractivity (Wildman–Crippen MR) is 114 cm³/mol. The maximum absolute atomic E-state index is 12.4. The normalized spacial score (nSPS) is 12.2. The first kappa shape index (κ1) is 23.3. The molecule has 2 N–H and O–H groups in total. The number of carbonyl (C=O) groups is 2. The SMILES string of the molecule is CC(C)C[C@H](NC(=O)OCc1ccccc1)C(=O)N/N=C\C=C\c1ccc([N+](=O)[O-])o1. The minimum absolute atomic E-state index is 0.0938. The molecule has 0 radical (unpaired) electrons. The van der Waals surface area contributed by atoms with Gasteiger partial charge in [0.15, 0.2) is 0 Å². The number of benzene rings is 1. The summed E-state index contributed by atoms with van der Waals surface area (Å²) < 4.78 is 10.1. The molecule has 1 heterocycles. The molecule has 0 aliphatic heterocycles. The van der Waals surface area contributed by atoms with E-state index in [1.807, 2.05) is 44.2 Å². The van der Waals surface area contributed by atoms with Crippen LogP contribution in [0.5, 0.6) is 0 Å². The van der Waals surface area contributed by atoms with E-state index in [0.29, 0.717) is 6.42 Å². The molecule has 31 heavy (non-hydrogen) atoms. The molecule has 0 aliphatic rings. The van der Waals surface area contributed by atoms with Crippen LogP contribution in [-0.2, 0) is 16.1 Å². The van der Waals surface area contributed by atoms with E-state index in [1.54, 1.807) is 0 Å². The maximum Gasteiger partial charge on any atom is 0.433 e. The summed E-state index contributed by atoms with van der Waals surface area (Å²) in [5.41, 5.74) is 3.18. The Labute approximate surface area is 179 Å². The van der Waals surface area contributed by atoms with Crippen molar-refractivity contribution in [3.05, 3.63) is 70.0 Å². The number of nitrogens with zero attached hydrogens (tertiary/aromatic N) is 2. The number of carbonyl (C=O) groups excluding carboxylic acids is 2. The summed E-state index contributed by atoms with van der Waals surface area (Å²) in [6.45, 7) is 3.94. The van der Waals surface area contributed by atoms with Crippen molar-refractivity contribution < 1.29 is 23.7 Å². The minimum atomic E-state index is -0.822. The molecular formula is C21H24N4O6. The van der Waals surface area contributed by atoms with Crippen LogP contribution in [0.25, 0.3) is 6.08 Å². The number of ether oxygens (including phenoxy) is 1. The smallest absolute Gasteiger partial charge is 0.433 e. The fourth-order valence-electron chi connectivity index (χ4n) is 2.50. The molecule has 2 aromatic rings. The number of hydrazone groups is 1. The van der Waals surface area contributed by atoms with E-state index in [9.17, 15) is 19.7 Å². The number of hydrogen-bond donors (Lipinski definition) is 2. The van der Waals surface area contributed by atoms with Gasteiger partial charge in [0, 0.05) is 6.21 Å². The van der Waals surface area contributed by atoms with Crippen LogP contribution < -0.4 is 10.7 Å². The van der Waals surface area contributed by atoms with Gasteiger partial charge in [-0.15, -0.1) is 0 Å². The third-order valence-corrected chi connectivity index (χ3v) is 3.92. The van der Waals surface area contributed by atoms with E-state index >= 15 is 0 Å². The number of nitrogens with one attached hydrogen (secondary N) is 2. The number of hydrogen-bond acceptors (Lipinski definition) is 7. The van der Waals surface area contributed by atoms with Crippen molar-refractivity contribution >= 4 is 30.2 Å². The number of allylic oxidation sites excluding steroid dienone is 1. The highest BCUT2D eigenvalue weighted by Crippen LogP contribution is 2.16. The molecule has 1 atom stereocenters. The van der Waals surface area contributed by atoms with Gasteiger partial charge >= 0.3 is 12.0 Å². The van der Waals surface area contributed by atoms with Crippen LogP contribution in [0, 0.1) is 16.0 Å². The van der Waals surface area contributed by atoms with Crippen LogP contribution in [0.15, 0.2) is 58.1 Å². The molecule has 164 valence electrons. The number of rotatable bonds is 10. The van der Waals surface area contributed by atoms with Crippen LogP contribution >= 0.6 is 0 Å². The van der Waals surface area contributed by atoms with Crippen molar-refractivity contribution in [2.75, 3.05) is 0 Å². The average molecular weight is 428 g/mol. The van der Waals surface area contributed by atoms with Crippen LogP contribution in [0.3, 0.4) is 0 Å². The first-order valence-electron chi connectivity index (χ1n) is 9.56. The summed E-state index contributed by atoms with van der Waals surface area (Å²) in [5.74, 6) is -0.455. The molecule has 0 saturated carbocycles. The topological polar surface area (TPSA) is 136 Å². The second-order valence-corrected chi connectivity index (χ2v) is 6.93. The second-order valence-electron chi connectivity index (χ2n) is 6.93. The van der Waals surface area contributed by atoms with Gasteiger partial charge in [0.2, 0.25) is 0 Å². The van der Waals surface area contributed by atoms with Crippen molar-refractivity contribution in [1.82, 2.24) is 10.7 Å². The van der Waals surface area contributed by atoms with E-state index in [1.165, 1.54) is 30.5 Å². The molecule has 0 saturated heterocycles.